The Morgan fingerprint density at radius 3 is 2.66 bits per heavy atom. The van der Waals surface area contributed by atoms with Gasteiger partial charge in [-0.05, 0) is 11.6 Å². The van der Waals surface area contributed by atoms with Crippen LogP contribution in [-0.2, 0) is 11.8 Å². The summed E-state index contributed by atoms with van der Waals surface area (Å²) in [7, 11) is 4.75. The molecule has 0 fully saturated rings. The van der Waals surface area contributed by atoms with Gasteiger partial charge in [-0.1, -0.05) is 53.3 Å². The Balaban J connectivity index is 1.60. The Labute approximate surface area is 209 Å². The lowest BCUT2D eigenvalue weighted by Gasteiger charge is -2.21. The highest BCUT2D eigenvalue weighted by molar-refractivity contribution is 7.18. The fraction of sp³-hybridized carbons (Fsp3) is 0.217. The van der Waals surface area contributed by atoms with Crippen LogP contribution in [0.15, 0.2) is 57.9 Å². The fourth-order valence-electron chi connectivity index (χ4n) is 3.44. The van der Waals surface area contributed by atoms with Crippen molar-refractivity contribution < 1.29 is 18.7 Å². The first-order valence-electron chi connectivity index (χ1n) is 10.4. The van der Waals surface area contributed by atoms with Crippen molar-refractivity contribution >= 4 is 39.7 Å². The Morgan fingerprint density at radius 2 is 2.00 bits per heavy atom. The first-order chi connectivity index (χ1) is 16.9. The molecule has 0 radical (unpaired) electrons. The van der Waals surface area contributed by atoms with Crippen molar-refractivity contribution in [1.82, 2.24) is 14.8 Å². The van der Waals surface area contributed by atoms with Crippen LogP contribution in [-0.4, -0.2) is 41.5 Å². The van der Waals surface area contributed by atoms with Crippen molar-refractivity contribution in [3.8, 4) is 16.5 Å². The van der Waals surface area contributed by atoms with E-state index in [0.717, 1.165) is 16.9 Å². The van der Waals surface area contributed by atoms with Crippen molar-refractivity contribution in [2.45, 2.75) is 6.04 Å². The molecule has 2 N–H and O–H groups in total. The zero-order chi connectivity index (χ0) is 24.9. The molecule has 0 bridgehead atoms. The maximum atomic E-state index is 12.9. The van der Waals surface area contributed by atoms with Crippen LogP contribution in [0.2, 0.25) is 5.02 Å². The lowest BCUT2D eigenvalue weighted by Crippen LogP contribution is -2.21. The number of methoxy groups -OCH3 is 2. The zero-order valence-electron chi connectivity index (χ0n) is 19.1. The van der Waals surface area contributed by atoms with E-state index in [0.29, 0.717) is 22.3 Å². The quantitative estimate of drug-likeness (QED) is 0.340. The minimum atomic E-state index is -0.805. The van der Waals surface area contributed by atoms with Crippen LogP contribution in [0.5, 0.6) is 5.75 Å². The fourth-order valence-corrected chi connectivity index (χ4v) is 4.61. The summed E-state index contributed by atoms with van der Waals surface area (Å²) in [4.78, 5) is 25.5. The highest BCUT2D eigenvalue weighted by atomic mass is 35.5. The SMILES string of the molecule is COC[C@H](Nc1cc(C(=O)Nc2nnc(-c3c(Cl)ccn3C)s2)oc(=O)c1OC)c1ccccc1. The molecule has 0 aliphatic rings. The minimum absolute atomic E-state index is 0.0601. The number of nitrogens with one attached hydrogen (secondary N) is 2. The second-order valence-electron chi connectivity index (χ2n) is 7.40. The number of halogens is 1. The first-order valence-corrected chi connectivity index (χ1v) is 11.6. The number of rotatable bonds is 9. The first kappa shape index (κ1) is 24.5. The summed E-state index contributed by atoms with van der Waals surface area (Å²) in [5.74, 6) is -0.956. The number of amides is 1. The third-order valence-electron chi connectivity index (χ3n) is 5.07. The van der Waals surface area contributed by atoms with E-state index in [1.165, 1.54) is 13.2 Å². The van der Waals surface area contributed by atoms with Gasteiger partial charge >= 0.3 is 5.63 Å². The molecule has 10 nitrogen and oxygen atoms in total. The van der Waals surface area contributed by atoms with Gasteiger partial charge in [0.1, 0.15) is 0 Å². The minimum Gasteiger partial charge on any atom is -0.488 e. The van der Waals surface area contributed by atoms with Crippen LogP contribution in [0.1, 0.15) is 22.2 Å². The van der Waals surface area contributed by atoms with E-state index in [-0.39, 0.29) is 28.4 Å². The Kier molecular flexibility index (Phi) is 7.49. The van der Waals surface area contributed by atoms with E-state index < -0.39 is 11.5 Å². The molecule has 1 aromatic carbocycles. The molecule has 0 spiro atoms. The molecule has 35 heavy (non-hydrogen) atoms. The van der Waals surface area contributed by atoms with Crippen molar-refractivity contribution in [2.75, 3.05) is 31.5 Å². The van der Waals surface area contributed by atoms with Gasteiger partial charge in [-0.25, -0.2) is 4.79 Å². The third-order valence-corrected chi connectivity index (χ3v) is 6.22. The predicted molar refractivity (Wildman–Crippen MR) is 133 cm³/mol. The van der Waals surface area contributed by atoms with Crippen LogP contribution >= 0.6 is 22.9 Å². The molecule has 182 valence electrons. The molecule has 1 amide bonds. The van der Waals surface area contributed by atoms with Gasteiger partial charge in [-0.2, -0.15) is 0 Å². The van der Waals surface area contributed by atoms with Crippen molar-refractivity contribution in [3.05, 3.63) is 75.4 Å². The molecule has 3 aromatic heterocycles. The van der Waals surface area contributed by atoms with Crippen LogP contribution in [0.4, 0.5) is 10.8 Å². The summed E-state index contributed by atoms with van der Waals surface area (Å²) in [6.45, 7) is 0.310. The third kappa shape index (κ3) is 5.37. The number of ether oxygens (including phenoxy) is 2. The van der Waals surface area contributed by atoms with Gasteiger partial charge in [-0.15, -0.1) is 10.2 Å². The van der Waals surface area contributed by atoms with E-state index in [1.807, 2.05) is 37.4 Å². The molecular weight excluding hydrogens is 494 g/mol. The van der Waals surface area contributed by atoms with Gasteiger partial charge in [-0.3, -0.25) is 10.1 Å². The largest absolute Gasteiger partial charge is 0.488 e. The zero-order valence-corrected chi connectivity index (χ0v) is 20.6. The normalized spacial score (nSPS) is 11.8. The summed E-state index contributed by atoms with van der Waals surface area (Å²) >= 11 is 7.35. The molecule has 0 unspecified atom stereocenters. The summed E-state index contributed by atoms with van der Waals surface area (Å²) in [5, 5.41) is 15.2. The topological polar surface area (TPSA) is 121 Å². The summed E-state index contributed by atoms with van der Waals surface area (Å²) in [6, 6.07) is 12.4. The van der Waals surface area contributed by atoms with Gasteiger partial charge in [0.2, 0.25) is 10.9 Å². The lowest BCUT2D eigenvalue weighted by molar-refractivity contribution is 0.0991. The molecule has 12 heteroatoms. The van der Waals surface area contributed by atoms with E-state index in [4.69, 9.17) is 25.5 Å². The van der Waals surface area contributed by atoms with Crippen molar-refractivity contribution in [2.24, 2.45) is 7.05 Å². The van der Waals surface area contributed by atoms with E-state index >= 15 is 0 Å². The molecule has 3 heterocycles. The smallest absolute Gasteiger partial charge is 0.381 e. The standard InChI is InChI=1S/C23H22ClN5O5S/c1-29-10-9-14(24)18(29)21-27-28-23(35-21)26-20(30)17-11-15(19(33-3)22(31)34-17)25-16(12-32-2)13-7-5-4-6-8-13/h4-11,16,25H,12H2,1-3H3,(H,26,28,30)/t16-/m0/s1. The molecule has 4 aromatic rings. The Morgan fingerprint density at radius 1 is 1.23 bits per heavy atom. The van der Waals surface area contributed by atoms with Gasteiger partial charge in [0.15, 0.2) is 10.8 Å². The number of hydrogen-bond acceptors (Lipinski definition) is 9. The average Bonchev–Trinajstić information content (AvgIpc) is 3.44. The van der Waals surface area contributed by atoms with E-state index in [9.17, 15) is 9.59 Å². The molecule has 1 atom stereocenters. The second-order valence-corrected chi connectivity index (χ2v) is 8.78. The molecule has 0 aliphatic carbocycles. The molecule has 4 rings (SSSR count). The van der Waals surface area contributed by atoms with Crippen molar-refractivity contribution in [1.29, 1.82) is 0 Å². The van der Waals surface area contributed by atoms with Crippen LogP contribution < -0.4 is 21.0 Å². The summed E-state index contributed by atoms with van der Waals surface area (Å²) < 4.78 is 17.6. The van der Waals surface area contributed by atoms with Gasteiger partial charge in [0, 0.05) is 26.4 Å². The molecule has 0 saturated carbocycles. The number of hydrogen-bond donors (Lipinski definition) is 2. The molecule has 0 aliphatic heterocycles. The van der Waals surface area contributed by atoms with Gasteiger partial charge in [0.25, 0.3) is 5.91 Å². The number of nitrogens with zero attached hydrogens (tertiary/aromatic N) is 3. The van der Waals surface area contributed by atoms with Crippen molar-refractivity contribution in [3.63, 3.8) is 0 Å². The average molecular weight is 516 g/mol. The highest BCUT2D eigenvalue weighted by Crippen LogP contribution is 2.33. The second kappa shape index (κ2) is 10.7. The highest BCUT2D eigenvalue weighted by Gasteiger charge is 2.22. The molecular formula is C23H22ClN5O5S. The lowest BCUT2D eigenvalue weighted by atomic mass is 10.1. The summed E-state index contributed by atoms with van der Waals surface area (Å²) in [5.41, 5.74) is 1.09. The number of benzene rings is 1. The number of aromatic nitrogens is 3. The van der Waals surface area contributed by atoms with Crippen LogP contribution in [0.3, 0.4) is 0 Å². The monoisotopic (exact) mass is 515 g/mol. The predicted octanol–water partition coefficient (Wildman–Crippen LogP) is 4.21. The number of aryl methyl sites for hydroxylation is 1. The number of carbonyl (C=O) groups is 1. The molecule has 0 saturated heterocycles. The van der Waals surface area contributed by atoms with Gasteiger partial charge in [0.05, 0.1) is 36.2 Å². The van der Waals surface area contributed by atoms with Gasteiger partial charge < -0.3 is 23.8 Å². The number of carbonyl (C=O) groups excluding carboxylic acids is 1. The van der Waals surface area contributed by atoms with E-state index in [1.54, 1.807) is 23.9 Å². The van der Waals surface area contributed by atoms with Crippen LogP contribution in [0, 0.1) is 0 Å². The summed E-state index contributed by atoms with van der Waals surface area (Å²) in [6.07, 6.45) is 1.80. The Hall–Kier alpha value is -3.67. The van der Waals surface area contributed by atoms with Crippen LogP contribution in [0.25, 0.3) is 10.7 Å². The van der Waals surface area contributed by atoms with E-state index in [2.05, 4.69) is 20.8 Å². The Bertz CT molecular complexity index is 1370. The maximum Gasteiger partial charge on any atom is 0.381 e. The maximum absolute atomic E-state index is 12.9. The number of anilines is 2.